The second-order valence-electron chi connectivity index (χ2n) is 2.35. The maximum atomic E-state index is 8.01. The molecule has 0 atom stereocenters. The molecule has 0 saturated carbocycles. The van der Waals surface area contributed by atoms with Gasteiger partial charge in [-0.15, -0.1) is 0 Å². The maximum Gasteiger partial charge on any atom is 0.223 e. The predicted molar refractivity (Wildman–Crippen MR) is 57.6 cm³/mol. The van der Waals surface area contributed by atoms with E-state index >= 15 is 0 Å². The highest BCUT2D eigenvalue weighted by atomic mass is 35.5. The Morgan fingerprint density at radius 3 is 3.00 bits per heavy atom. The molecule has 0 aliphatic heterocycles. The first-order chi connectivity index (χ1) is 7.24. The van der Waals surface area contributed by atoms with Gasteiger partial charge in [0.05, 0.1) is 5.56 Å². The van der Waals surface area contributed by atoms with E-state index in [-0.39, 0.29) is 10.4 Å². The predicted octanol–water partition coefficient (Wildman–Crippen LogP) is 2.84. The molecule has 0 N–H and O–H groups in total. The van der Waals surface area contributed by atoms with Gasteiger partial charge in [-0.25, -0.2) is 9.97 Å². The van der Waals surface area contributed by atoms with Gasteiger partial charge in [0.2, 0.25) is 5.28 Å². The van der Waals surface area contributed by atoms with Crippen LogP contribution >= 0.6 is 23.2 Å². The minimum Gasteiger partial charge on any atom is -0.225 e. The van der Waals surface area contributed by atoms with Crippen molar-refractivity contribution in [3.05, 3.63) is 32.6 Å². The van der Waals surface area contributed by atoms with E-state index in [1.54, 1.807) is 0 Å². The molecule has 1 heterocycles. The van der Waals surface area contributed by atoms with Crippen molar-refractivity contribution in [3.8, 4) is 11.8 Å². The highest BCUT2D eigenvalue weighted by Crippen LogP contribution is 2.12. The van der Waals surface area contributed by atoms with Crippen LogP contribution in [0, 0.1) is 11.8 Å². The summed E-state index contributed by atoms with van der Waals surface area (Å²) in [5.74, 6) is 5.52. The summed E-state index contributed by atoms with van der Waals surface area (Å²) in [7, 11) is 0. The smallest absolute Gasteiger partial charge is 0.223 e. The number of hydrogen-bond acceptors (Lipinski definition) is 3. The van der Waals surface area contributed by atoms with Gasteiger partial charge in [0, 0.05) is 24.1 Å². The fourth-order valence-electron chi connectivity index (χ4n) is 0.733. The molecule has 15 heavy (non-hydrogen) atoms. The fraction of sp³-hybridized carbons (Fsp3) is 0.250. The number of rotatable bonds is 2. The molecular weight excluding hydrogens is 237 g/mol. The van der Waals surface area contributed by atoms with Crippen molar-refractivity contribution in [2.75, 3.05) is 6.54 Å². The minimum absolute atomic E-state index is 0.0830. The Labute approximate surface area is 96.1 Å². The Bertz CT molecular complexity index is 456. The molecule has 0 aromatic carbocycles. The van der Waals surface area contributed by atoms with Gasteiger partial charge in [-0.05, 0) is 17.1 Å². The Hall–Kier alpha value is -1.47. The zero-order valence-electron chi connectivity index (χ0n) is 7.48. The van der Waals surface area contributed by atoms with E-state index in [9.17, 15) is 0 Å². The van der Waals surface area contributed by atoms with Crippen LogP contribution in [0.4, 0.5) is 0 Å². The first-order valence-electron chi connectivity index (χ1n) is 3.92. The van der Waals surface area contributed by atoms with Crippen molar-refractivity contribution in [3.63, 3.8) is 0 Å². The summed E-state index contributed by atoms with van der Waals surface area (Å²) in [4.78, 5) is 10.1. The largest absolute Gasteiger partial charge is 0.225 e. The number of halogens is 2. The average Bonchev–Trinajstić information content (AvgIpc) is 2.20. The standard InChI is InChI=1S/C8H5Cl2N5/c9-7-6(5-12-8(10)14-7)3-1-2-4-13-15-11/h5H,2,4H2. The lowest BCUT2D eigenvalue weighted by Crippen LogP contribution is -1.87. The van der Waals surface area contributed by atoms with Crippen LogP contribution in [0.2, 0.25) is 10.4 Å². The van der Waals surface area contributed by atoms with E-state index in [0.717, 1.165) is 0 Å². The lowest BCUT2D eigenvalue weighted by molar-refractivity contribution is 1.01. The average molecular weight is 242 g/mol. The van der Waals surface area contributed by atoms with Crippen LogP contribution in [0.3, 0.4) is 0 Å². The van der Waals surface area contributed by atoms with Crippen LogP contribution in [0.5, 0.6) is 0 Å². The SMILES string of the molecule is [N-]=[N+]=NCCC#Cc1cnc(Cl)nc1Cl. The normalized spacial score (nSPS) is 8.67. The highest BCUT2D eigenvalue weighted by Gasteiger charge is 1.99. The minimum atomic E-state index is 0.0830. The summed E-state index contributed by atoms with van der Waals surface area (Å²) >= 11 is 11.3. The van der Waals surface area contributed by atoms with Crippen LogP contribution in [0.1, 0.15) is 12.0 Å². The molecule has 0 fully saturated rings. The molecule has 0 aliphatic rings. The van der Waals surface area contributed by atoms with Crippen molar-refractivity contribution in [2.45, 2.75) is 6.42 Å². The number of aromatic nitrogens is 2. The molecule has 0 radical (unpaired) electrons. The van der Waals surface area contributed by atoms with Gasteiger partial charge in [0.15, 0.2) is 0 Å². The van der Waals surface area contributed by atoms with Crippen LogP contribution in [-0.4, -0.2) is 16.5 Å². The summed E-state index contributed by atoms with van der Waals surface area (Å²) in [6.07, 6.45) is 1.90. The van der Waals surface area contributed by atoms with Gasteiger partial charge in [-0.1, -0.05) is 28.6 Å². The lowest BCUT2D eigenvalue weighted by atomic mass is 10.3. The molecule has 5 nitrogen and oxygen atoms in total. The molecule has 0 amide bonds. The van der Waals surface area contributed by atoms with Gasteiger partial charge >= 0.3 is 0 Å². The Morgan fingerprint density at radius 1 is 1.53 bits per heavy atom. The molecule has 1 aromatic heterocycles. The van der Waals surface area contributed by atoms with E-state index in [1.807, 2.05) is 0 Å². The highest BCUT2D eigenvalue weighted by molar-refractivity contribution is 6.32. The molecule has 0 aliphatic carbocycles. The molecule has 0 saturated heterocycles. The Kier molecular flexibility index (Phi) is 4.72. The maximum absolute atomic E-state index is 8.01. The first-order valence-corrected chi connectivity index (χ1v) is 4.67. The molecule has 76 valence electrons. The summed E-state index contributed by atoms with van der Waals surface area (Å²) in [6, 6.07) is 0. The quantitative estimate of drug-likeness (QED) is 0.152. The van der Waals surface area contributed by atoms with Crippen molar-refractivity contribution >= 4 is 23.2 Å². The third-order valence-electron chi connectivity index (χ3n) is 1.34. The van der Waals surface area contributed by atoms with E-state index in [1.165, 1.54) is 6.20 Å². The third kappa shape index (κ3) is 4.05. The molecule has 0 spiro atoms. The second-order valence-corrected chi connectivity index (χ2v) is 3.05. The third-order valence-corrected chi connectivity index (χ3v) is 1.81. The van der Waals surface area contributed by atoms with Crippen molar-refractivity contribution in [1.29, 1.82) is 0 Å². The van der Waals surface area contributed by atoms with E-state index in [0.29, 0.717) is 18.5 Å². The monoisotopic (exact) mass is 241 g/mol. The molecule has 0 unspecified atom stereocenters. The summed E-state index contributed by atoms with van der Waals surface area (Å²) in [5, 5.41) is 3.63. The molecule has 7 heteroatoms. The van der Waals surface area contributed by atoms with Gasteiger partial charge in [-0.3, -0.25) is 0 Å². The van der Waals surface area contributed by atoms with Crippen LogP contribution < -0.4 is 0 Å². The number of azide groups is 1. The van der Waals surface area contributed by atoms with Crippen molar-refractivity contribution < 1.29 is 0 Å². The summed E-state index contributed by atoms with van der Waals surface area (Å²) in [5.41, 5.74) is 8.51. The van der Waals surface area contributed by atoms with Crippen LogP contribution in [0.25, 0.3) is 10.4 Å². The zero-order chi connectivity index (χ0) is 11.1. The lowest BCUT2D eigenvalue weighted by Gasteiger charge is -1.93. The van der Waals surface area contributed by atoms with Crippen LogP contribution in [-0.2, 0) is 0 Å². The first kappa shape index (κ1) is 11.6. The summed E-state index contributed by atoms with van der Waals surface area (Å²) in [6.45, 7) is 0.329. The number of nitrogens with zero attached hydrogens (tertiary/aromatic N) is 5. The van der Waals surface area contributed by atoms with Crippen molar-refractivity contribution in [2.24, 2.45) is 5.11 Å². The van der Waals surface area contributed by atoms with E-state index in [2.05, 4.69) is 31.8 Å². The van der Waals surface area contributed by atoms with Gasteiger partial charge in [0.25, 0.3) is 0 Å². The number of hydrogen-bond donors (Lipinski definition) is 0. The van der Waals surface area contributed by atoms with Gasteiger partial charge in [-0.2, -0.15) is 0 Å². The zero-order valence-corrected chi connectivity index (χ0v) is 9.00. The van der Waals surface area contributed by atoms with Crippen molar-refractivity contribution in [1.82, 2.24) is 9.97 Å². The molecule has 0 bridgehead atoms. The molecule has 1 aromatic rings. The molecular formula is C8H5Cl2N5. The Morgan fingerprint density at radius 2 is 2.33 bits per heavy atom. The van der Waals surface area contributed by atoms with E-state index in [4.69, 9.17) is 28.7 Å². The topological polar surface area (TPSA) is 74.5 Å². The van der Waals surface area contributed by atoms with Gasteiger partial charge < -0.3 is 0 Å². The van der Waals surface area contributed by atoms with Crippen LogP contribution in [0.15, 0.2) is 11.3 Å². The fourth-order valence-corrected chi connectivity index (χ4v) is 1.09. The van der Waals surface area contributed by atoms with Gasteiger partial charge in [0.1, 0.15) is 5.15 Å². The molecule has 1 rings (SSSR count). The second kappa shape index (κ2) is 6.10. The van der Waals surface area contributed by atoms with E-state index < -0.39 is 0 Å². The Balaban J connectivity index is 2.67. The summed E-state index contributed by atoms with van der Waals surface area (Å²) < 4.78 is 0.